The second-order valence-corrected chi connectivity index (χ2v) is 8.55. The van der Waals surface area contributed by atoms with E-state index in [-0.39, 0.29) is 6.03 Å². The second-order valence-electron chi connectivity index (χ2n) is 8.55. The highest BCUT2D eigenvalue weighted by Crippen LogP contribution is 2.40. The number of hydrogen-bond donors (Lipinski definition) is 1. The van der Waals surface area contributed by atoms with Crippen LogP contribution in [0.3, 0.4) is 0 Å². The molecule has 172 valence electrons. The summed E-state index contributed by atoms with van der Waals surface area (Å²) < 4.78 is 16.2. The van der Waals surface area contributed by atoms with E-state index in [9.17, 15) is 4.79 Å². The average molecular weight is 440 g/mol. The van der Waals surface area contributed by atoms with E-state index in [1.54, 1.807) is 33.5 Å². The molecule has 0 saturated carbocycles. The molecule has 32 heavy (non-hydrogen) atoms. The highest BCUT2D eigenvalue weighted by Gasteiger charge is 2.27. The van der Waals surface area contributed by atoms with E-state index in [4.69, 9.17) is 14.2 Å². The molecule has 7 heteroatoms. The monoisotopic (exact) mass is 439 g/mol. The van der Waals surface area contributed by atoms with Gasteiger partial charge < -0.3 is 24.4 Å². The van der Waals surface area contributed by atoms with Crippen molar-refractivity contribution in [1.82, 2.24) is 9.80 Å². The van der Waals surface area contributed by atoms with Crippen molar-refractivity contribution in [2.45, 2.75) is 25.8 Å². The molecule has 2 amide bonds. The molecule has 1 N–H and O–H groups in total. The van der Waals surface area contributed by atoms with E-state index < -0.39 is 0 Å². The molecule has 0 spiro atoms. The molecule has 0 aromatic heterocycles. The fraction of sp³-hybridized carbons (Fsp3) is 0.480. The van der Waals surface area contributed by atoms with E-state index in [0.29, 0.717) is 28.9 Å². The SMILES string of the molecule is COc1cc(NC(=O)N2CCC[C@@H](CN3CCc4ccccc4C3)C2)cc(OC)c1OC. The van der Waals surface area contributed by atoms with Gasteiger partial charge in [0.2, 0.25) is 5.75 Å². The van der Waals surface area contributed by atoms with Gasteiger partial charge in [0.1, 0.15) is 0 Å². The van der Waals surface area contributed by atoms with Crippen molar-refractivity contribution < 1.29 is 19.0 Å². The number of amides is 2. The van der Waals surface area contributed by atoms with Crippen molar-refractivity contribution in [3.05, 3.63) is 47.5 Å². The number of rotatable bonds is 6. The van der Waals surface area contributed by atoms with Crippen LogP contribution in [0.25, 0.3) is 0 Å². The number of ether oxygens (including phenoxy) is 3. The zero-order valence-electron chi connectivity index (χ0n) is 19.2. The largest absolute Gasteiger partial charge is 0.493 e. The first-order valence-electron chi connectivity index (χ1n) is 11.3. The number of methoxy groups -OCH3 is 3. The number of nitrogens with one attached hydrogen (secondary N) is 1. The van der Waals surface area contributed by atoms with Crippen LogP contribution in [0.15, 0.2) is 36.4 Å². The molecule has 2 aliphatic rings. The van der Waals surface area contributed by atoms with Gasteiger partial charge in [-0.15, -0.1) is 0 Å². The summed E-state index contributed by atoms with van der Waals surface area (Å²) in [6.45, 7) is 4.67. The van der Waals surface area contributed by atoms with Gasteiger partial charge in [0.15, 0.2) is 11.5 Å². The van der Waals surface area contributed by atoms with Crippen molar-refractivity contribution in [3.63, 3.8) is 0 Å². The van der Waals surface area contributed by atoms with Crippen LogP contribution in [0.2, 0.25) is 0 Å². The number of carbonyl (C=O) groups excluding carboxylic acids is 1. The van der Waals surface area contributed by atoms with Gasteiger partial charge in [-0.1, -0.05) is 24.3 Å². The first-order valence-corrected chi connectivity index (χ1v) is 11.3. The molecule has 1 fully saturated rings. The lowest BCUT2D eigenvalue weighted by Crippen LogP contribution is -2.46. The van der Waals surface area contributed by atoms with Crippen molar-refractivity contribution in [1.29, 1.82) is 0 Å². The van der Waals surface area contributed by atoms with Crippen LogP contribution in [0.1, 0.15) is 24.0 Å². The van der Waals surface area contributed by atoms with Crippen LogP contribution in [-0.4, -0.2) is 63.3 Å². The maximum atomic E-state index is 13.0. The Labute approximate surface area is 190 Å². The van der Waals surface area contributed by atoms with Gasteiger partial charge in [-0.05, 0) is 36.3 Å². The number of likely N-dealkylation sites (tertiary alicyclic amines) is 1. The molecule has 2 heterocycles. The van der Waals surface area contributed by atoms with Crippen LogP contribution in [-0.2, 0) is 13.0 Å². The molecule has 0 radical (unpaired) electrons. The van der Waals surface area contributed by atoms with Gasteiger partial charge in [-0.25, -0.2) is 4.79 Å². The summed E-state index contributed by atoms with van der Waals surface area (Å²) in [5, 5.41) is 3.01. The van der Waals surface area contributed by atoms with Crippen LogP contribution in [0.5, 0.6) is 17.2 Å². The lowest BCUT2D eigenvalue weighted by atomic mass is 9.95. The Morgan fingerprint density at radius 2 is 1.75 bits per heavy atom. The van der Waals surface area contributed by atoms with Crippen molar-refractivity contribution in [2.24, 2.45) is 5.92 Å². The summed E-state index contributed by atoms with van der Waals surface area (Å²) in [7, 11) is 4.70. The summed E-state index contributed by atoms with van der Waals surface area (Å²) in [4.78, 5) is 17.5. The van der Waals surface area contributed by atoms with E-state index in [0.717, 1.165) is 52.0 Å². The number of benzene rings is 2. The third-order valence-electron chi connectivity index (χ3n) is 6.45. The molecule has 1 saturated heterocycles. The lowest BCUT2D eigenvalue weighted by Gasteiger charge is -2.37. The van der Waals surface area contributed by atoms with Gasteiger partial charge in [-0.3, -0.25) is 4.90 Å². The van der Waals surface area contributed by atoms with Crippen LogP contribution in [0, 0.1) is 5.92 Å². The van der Waals surface area contributed by atoms with Crippen molar-refractivity contribution in [2.75, 3.05) is 52.8 Å². The quantitative estimate of drug-likeness (QED) is 0.737. The molecule has 1 atom stereocenters. The first-order chi connectivity index (χ1) is 15.6. The van der Waals surface area contributed by atoms with Crippen LogP contribution < -0.4 is 19.5 Å². The van der Waals surface area contributed by atoms with E-state index in [1.807, 2.05) is 4.90 Å². The third-order valence-corrected chi connectivity index (χ3v) is 6.45. The maximum Gasteiger partial charge on any atom is 0.321 e. The minimum atomic E-state index is -0.0898. The van der Waals surface area contributed by atoms with E-state index in [1.165, 1.54) is 11.1 Å². The molecule has 2 aliphatic heterocycles. The Hall–Kier alpha value is -2.93. The number of nitrogens with zero attached hydrogens (tertiary/aromatic N) is 2. The van der Waals surface area contributed by atoms with Crippen LogP contribution >= 0.6 is 0 Å². The van der Waals surface area contributed by atoms with Gasteiger partial charge >= 0.3 is 6.03 Å². The molecule has 0 bridgehead atoms. The van der Waals surface area contributed by atoms with Crippen LogP contribution in [0.4, 0.5) is 10.5 Å². The average Bonchev–Trinajstić information content (AvgIpc) is 2.83. The van der Waals surface area contributed by atoms with Crippen molar-refractivity contribution in [3.8, 4) is 17.2 Å². The molecule has 7 nitrogen and oxygen atoms in total. The summed E-state index contributed by atoms with van der Waals surface area (Å²) in [5.41, 5.74) is 3.53. The Morgan fingerprint density at radius 1 is 1.03 bits per heavy atom. The number of carbonyl (C=O) groups is 1. The highest BCUT2D eigenvalue weighted by atomic mass is 16.5. The predicted molar refractivity (Wildman–Crippen MR) is 125 cm³/mol. The Kier molecular flexibility index (Phi) is 7.05. The fourth-order valence-corrected chi connectivity index (χ4v) is 4.83. The standard InChI is InChI=1S/C25H33N3O4/c1-30-22-13-21(14-23(31-2)24(22)32-3)26-25(29)28-11-6-7-18(16-28)15-27-12-10-19-8-4-5-9-20(19)17-27/h4-5,8-9,13-14,18H,6-7,10-12,15-17H2,1-3H3,(H,26,29)/t18-/m0/s1. The second kappa shape index (κ2) is 10.1. The van der Waals surface area contributed by atoms with E-state index in [2.05, 4.69) is 34.5 Å². The Bertz CT molecular complexity index is 924. The summed E-state index contributed by atoms with van der Waals surface area (Å²) in [6, 6.07) is 12.1. The fourth-order valence-electron chi connectivity index (χ4n) is 4.83. The number of hydrogen-bond acceptors (Lipinski definition) is 5. The highest BCUT2D eigenvalue weighted by molar-refractivity contribution is 5.90. The topological polar surface area (TPSA) is 63.3 Å². The number of fused-ring (bicyclic) bond motifs is 1. The minimum Gasteiger partial charge on any atom is -0.493 e. The molecular weight excluding hydrogens is 406 g/mol. The van der Waals surface area contributed by atoms with Gasteiger partial charge in [0.05, 0.1) is 27.0 Å². The lowest BCUT2D eigenvalue weighted by molar-refractivity contribution is 0.140. The molecule has 2 aromatic carbocycles. The summed E-state index contributed by atoms with van der Waals surface area (Å²) in [6.07, 6.45) is 3.29. The first kappa shape index (κ1) is 22.3. The summed E-state index contributed by atoms with van der Waals surface area (Å²) >= 11 is 0. The number of piperidine rings is 1. The smallest absolute Gasteiger partial charge is 0.321 e. The van der Waals surface area contributed by atoms with Crippen molar-refractivity contribution >= 4 is 11.7 Å². The normalized spacial score (nSPS) is 18.6. The molecule has 0 aliphatic carbocycles. The van der Waals surface area contributed by atoms with Gasteiger partial charge in [-0.2, -0.15) is 0 Å². The minimum absolute atomic E-state index is 0.0898. The predicted octanol–water partition coefficient (Wildman–Crippen LogP) is 4.01. The molecule has 4 rings (SSSR count). The van der Waals surface area contributed by atoms with E-state index >= 15 is 0 Å². The number of anilines is 1. The Balaban J connectivity index is 1.37. The summed E-state index contributed by atoms with van der Waals surface area (Å²) in [5.74, 6) is 2.03. The molecular formula is C25H33N3O4. The molecule has 0 unspecified atom stereocenters. The maximum absolute atomic E-state index is 13.0. The van der Waals surface area contributed by atoms with Gasteiger partial charge in [0.25, 0.3) is 0 Å². The third kappa shape index (κ3) is 4.93. The number of urea groups is 1. The Morgan fingerprint density at radius 3 is 2.44 bits per heavy atom. The zero-order chi connectivity index (χ0) is 22.5. The molecule has 2 aromatic rings. The zero-order valence-corrected chi connectivity index (χ0v) is 19.2. The van der Waals surface area contributed by atoms with Gasteiger partial charge in [0, 0.05) is 44.9 Å².